The molecular weight excluding hydrogens is 396 g/mol. The molecule has 0 amide bonds. The minimum atomic E-state index is -1.23. The molecule has 1 aliphatic rings. The summed E-state index contributed by atoms with van der Waals surface area (Å²) in [6.45, 7) is 1.62. The number of nitrogens with zero attached hydrogens (tertiary/aromatic N) is 2. The highest BCUT2D eigenvalue weighted by Gasteiger charge is 2.22. The van der Waals surface area contributed by atoms with E-state index >= 15 is 0 Å². The number of carboxylic acids is 4. The van der Waals surface area contributed by atoms with Crippen molar-refractivity contribution in [2.75, 3.05) is 36.0 Å². The Kier molecular flexibility index (Phi) is 5.58. The van der Waals surface area contributed by atoms with Gasteiger partial charge in [-0.2, -0.15) is 0 Å². The van der Waals surface area contributed by atoms with Crippen LogP contribution in [0.25, 0.3) is 0 Å². The van der Waals surface area contributed by atoms with E-state index in [1.54, 1.807) is 0 Å². The van der Waals surface area contributed by atoms with Crippen LogP contribution in [0, 0.1) is 0 Å². The van der Waals surface area contributed by atoms with Crippen molar-refractivity contribution in [1.29, 1.82) is 0 Å². The highest BCUT2D eigenvalue weighted by molar-refractivity contribution is 5.96. The van der Waals surface area contributed by atoms with Gasteiger partial charge in [-0.25, -0.2) is 19.2 Å². The minimum absolute atomic E-state index is 0.132. The van der Waals surface area contributed by atoms with Crippen LogP contribution in [-0.2, 0) is 0 Å². The van der Waals surface area contributed by atoms with Crippen LogP contribution in [0.1, 0.15) is 41.4 Å². The molecule has 1 aliphatic heterocycles. The van der Waals surface area contributed by atoms with E-state index in [0.29, 0.717) is 37.6 Å². The second-order valence-corrected chi connectivity index (χ2v) is 6.73. The summed E-state index contributed by atoms with van der Waals surface area (Å²) in [6.07, 6.45) is 0. The van der Waals surface area contributed by atoms with E-state index in [2.05, 4.69) is 0 Å². The highest BCUT2D eigenvalue weighted by Crippen LogP contribution is 2.25. The van der Waals surface area contributed by atoms with Gasteiger partial charge in [0.2, 0.25) is 0 Å². The number of anilines is 2. The molecular formula is C20H18N2O8. The smallest absolute Gasteiger partial charge is 0.335 e. The first-order valence-corrected chi connectivity index (χ1v) is 8.89. The number of rotatable bonds is 6. The Morgan fingerprint density at radius 1 is 0.500 bits per heavy atom. The maximum atomic E-state index is 11.3. The molecule has 0 atom stereocenters. The van der Waals surface area contributed by atoms with Crippen LogP contribution >= 0.6 is 0 Å². The Balaban J connectivity index is 1.83. The predicted molar refractivity (Wildman–Crippen MR) is 105 cm³/mol. The zero-order valence-electron chi connectivity index (χ0n) is 15.6. The van der Waals surface area contributed by atoms with Crippen molar-refractivity contribution < 1.29 is 39.6 Å². The largest absolute Gasteiger partial charge is 0.478 e. The second-order valence-electron chi connectivity index (χ2n) is 6.73. The lowest BCUT2D eigenvalue weighted by Crippen LogP contribution is -2.46. The molecule has 10 heteroatoms. The van der Waals surface area contributed by atoms with Crippen molar-refractivity contribution in [2.24, 2.45) is 0 Å². The van der Waals surface area contributed by atoms with E-state index in [1.165, 1.54) is 24.3 Å². The number of piperazine rings is 1. The lowest BCUT2D eigenvalue weighted by Gasteiger charge is -2.37. The zero-order chi connectivity index (χ0) is 22.0. The van der Waals surface area contributed by atoms with Gasteiger partial charge in [0.05, 0.1) is 22.3 Å². The lowest BCUT2D eigenvalue weighted by atomic mass is 10.1. The molecule has 1 saturated heterocycles. The fraction of sp³-hybridized carbons (Fsp3) is 0.200. The van der Waals surface area contributed by atoms with Crippen LogP contribution in [0.4, 0.5) is 11.4 Å². The monoisotopic (exact) mass is 414 g/mol. The Bertz CT molecular complexity index is 893. The summed E-state index contributed by atoms with van der Waals surface area (Å²) in [5.41, 5.74) is 0.385. The molecule has 0 unspecified atom stereocenters. The SMILES string of the molecule is O=C(O)c1cc(C(=O)O)cc(N2CCN(c3cc(C(=O)O)cc(C(=O)O)c3)CC2)c1. The first kappa shape index (κ1) is 20.6. The molecule has 2 aromatic rings. The Labute approximate surface area is 170 Å². The minimum Gasteiger partial charge on any atom is -0.478 e. The van der Waals surface area contributed by atoms with Gasteiger partial charge in [-0.05, 0) is 36.4 Å². The molecule has 0 bridgehead atoms. The molecule has 0 radical (unpaired) electrons. The number of aromatic carboxylic acids is 4. The number of hydrogen-bond donors (Lipinski definition) is 4. The lowest BCUT2D eigenvalue weighted by molar-refractivity contribution is 0.0676. The van der Waals surface area contributed by atoms with E-state index in [0.717, 1.165) is 12.1 Å². The Morgan fingerprint density at radius 3 is 0.933 bits per heavy atom. The van der Waals surface area contributed by atoms with Crippen molar-refractivity contribution in [1.82, 2.24) is 0 Å². The Morgan fingerprint density at radius 2 is 0.733 bits per heavy atom. The van der Waals surface area contributed by atoms with Gasteiger partial charge >= 0.3 is 23.9 Å². The van der Waals surface area contributed by atoms with Crippen LogP contribution < -0.4 is 9.80 Å². The number of carbonyl (C=O) groups is 4. The third-order valence-corrected chi connectivity index (χ3v) is 4.83. The molecule has 156 valence electrons. The van der Waals surface area contributed by atoms with Gasteiger partial charge in [0, 0.05) is 37.6 Å². The average Bonchev–Trinajstić information content (AvgIpc) is 2.73. The van der Waals surface area contributed by atoms with E-state index in [4.69, 9.17) is 0 Å². The number of carboxylic acid groups (broad SMARTS) is 4. The second kappa shape index (κ2) is 8.11. The van der Waals surface area contributed by atoms with Gasteiger partial charge in [0.15, 0.2) is 0 Å². The van der Waals surface area contributed by atoms with Crippen LogP contribution in [0.5, 0.6) is 0 Å². The van der Waals surface area contributed by atoms with Gasteiger partial charge < -0.3 is 30.2 Å². The van der Waals surface area contributed by atoms with Crippen LogP contribution in [-0.4, -0.2) is 70.5 Å². The summed E-state index contributed by atoms with van der Waals surface area (Å²) in [5.74, 6) is -4.93. The normalized spacial score (nSPS) is 13.7. The molecule has 0 saturated carbocycles. The maximum Gasteiger partial charge on any atom is 0.335 e. The molecule has 2 aromatic carbocycles. The van der Waals surface area contributed by atoms with E-state index in [-0.39, 0.29) is 22.3 Å². The molecule has 30 heavy (non-hydrogen) atoms. The molecule has 0 aromatic heterocycles. The topological polar surface area (TPSA) is 156 Å². The molecule has 1 fully saturated rings. The van der Waals surface area contributed by atoms with E-state index < -0.39 is 23.9 Å². The third-order valence-electron chi connectivity index (χ3n) is 4.83. The average molecular weight is 414 g/mol. The van der Waals surface area contributed by atoms with Gasteiger partial charge in [-0.15, -0.1) is 0 Å². The summed E-state index contributed by atoms with van der Waals surface area (Å²) >= 11 is 0. The molecule has 0 aliphatic carbocycles. The predicted octanol–water partition coefficient (Wildman–Crippen LogP) is 1.81. The molecule has 0 spiro atoms. The van der Waals surface area contributed by atoms with Crippen LogP contribution in [0.2, 0.25) is 0 Å². The molecule has 4 N–H and O–H groups in total. The number of benzene rings is 2. The fourth-order valence-corrected chi connectivity index (χ4v) is 3.30. The van der Waals surface area contributed by atoms with Gasteiger partial charge in [0.1, 0.15) is 0 Å². The Hall–Kier alpha value is -4.08. The summed E-state index contributed by atoms with van der Waals surface area (Å²) in [7, 11) is 0. The van der Waals surface area contributed by atoms with Crippen molar-refractivity contribution in [2.45, 2.75) is 0 Å². The summed E-state index contributed by atoms with van der Waals surface area (Å²) in [4.78, 5) is 48.9. The summed E-state index contributed by atoms with van der Waals surface area (Å²) in [6, 6.07) is 7.79. The van der Waals surface area contributed by atoms with Crippen molar-refractivity contribution in [3.8, 4) is 0 Å². The van der Waals surface area contributed by atoms with Gasteiger partial charge in [-0.3, -0.25) is 0 Å². The van der Waals surface area contributed by atoms with Crippen molar-refractivity contribution in [3.05, 3.63) is 58.7 Å². The number of hydrogen-bond acceptors (Lipinski definition) is 6. The standard InChI is InChI=1S/C20H18N2O8/c23-17(24)11-5-12(18(25)26)8-15(7-11)21-1-2-22(4-3-21)16-9-13(19(27)28)6-14(10-16)20(29)30/h5-10H,1-4H2,(H,23,24)(H,25,26)(H,27,28)(H,29,30). The van der Waals surface area contributed by atoms with Crippen LogP contribution in [0.15, 0.2) is 36.4 Å². The first-order chi connectivity index (χ1) is 14.2. The summed E-state index contributed by atoms with van der Waals surface area (Å²) < 4.78 is 0. The third kappa shape index (κ3) is 4.32. The maximum absolute atomic E-state index is 11.3. The van der Waals surface area contributed by atoms with Gasteiger partial charge in [0.25, 0.3) is 0 Å². The van der Waals surface area contributed by atoms with Crippen molar-refractivity contribution in [3.63, 3.8) is 0 Å². The zero-order valence-corrected chi connectivity index (χ0v) is 15.6. The van der Waals surface area contributed by atoms with E-state index in [9.17, 15) is 39.6 Å². The quantitative estimate of drug-likeness (QED) is 0.550. The van der Waals surface area contributed by atoms with E-state index in [1.807, 2.05) is 9.80 Å². The van der Waals surface area contributed by atoms with Crippen LogP contribution in [0.3, 0.4) is 0 Å². The van der Waals surface area contributed by atoms with Gasteiger partial charge in [-0.1, -0.05) is 0 Å². The molecule has 3 rings (SSSR count). The fourth-order valence-electron chi connectivity index (χ4n) is 3.30. The van der Waals surface area contributed by atoms with Crippen molar-refractivity contribution >= 4 is 35.3 Å². The first-order valence-electron chi connectivity index (χ1n) is 8.89. The molecule has 10 nitrogen and oxygen atoms in total. The highest BCUT2D eigenvalue weighted by atomic mass is 16.4. The summed E-state index contributed by atoms with van der Waals surface area (Å²) in [5, 5.41) is 36.9. The molecule has 1 heterocycles.